The van der Waals surface area contributed by atoms with E-state index in [1.54, 1.807) is 16.1 Å². The summed E-state index contributed by atoms with van der Waals surface area (Å²) in [5.41, 5.74) is 1.86. The summed E-state index contributed by atoms with van der Waals surface area (Å²) in [6, 6.07) is 11.4. The Kier molecular flexibility index (Phi) is 9.55. The van der Waals surface area contributed by atoms with Crippen molar-refractivity contribution < 1.29 is 18.7 Å². The highest BCUT2D eigenvalue weighted by Gasteiger charge is 2.28. The van der Waals surface area contributed by atoms with Crippen LogP contribution in [-0.2, 0) is 22.5 Å². The second-order valence-corrected chi connectivity index (χ2v) is 9.17. The van der Waals surface area contributed by atoms with Gasteiger partial charge in [0.2, 0.25) is 5.91 Å². The molecule has 0 aliphatic carbocycles. The van der Waals surface area contributed by atoms with Crippen LogP contribution in [0, 0.1) is 0 Å². The van der Waals surface area contributed by atoms with Crippen LogP contribution in [0.15, 0.2) is 47.1 Å². The summed E-state index contributed by atoms with van der Waals surface area (Å²) in [6.07, 6.45) is 8.19. The van der Waals surface area contributed by atoms with Crippen LogP contribution in [-0.4, -0.2) is 53.5 Å². The Morgan fingerprint density at radius 1 is 1.12 bits per heavy atom. The third-order valence-corrected chi connectivity index (χ3v) is 6.19. The van der Waals surface area contributed by atoms with Crippen LogP contribution in [0.1, 0.15) is 74.6 Å². The first-order valence-electron chi connectivity index (χ1n) is 12.3. The zero-order chi connectivity index (χ0) is 23.6. The molecule has 180 valence electrons. The maximum atomic E-state index is 13.3. The standard InChI is InChI=1S/C27H38N2O4/c1-4-5-6-9-22-12-14-23(15-13-22)27(31)29(21(2)3)20-26(30)28(18-24-10-7-16-32-24)19-25-11-8-17-33-25/h7,10,12-16,21,25H,4-6,8-9,11,17-20H2,1-3H3. The molecule has 2 amide bonds. The molecule has 0 N–H and O–H groups in total. The number of carbonyl (C=O) groups is 2. The van der Waals surface area contributed by atoms with Crippen molar-refractivity contribution in [1.29, 1.82) is 0 Å². The summed E-state index contributed by atoms with van der Waals surface area (Å²) in [7, 11) is 0. The summed E-state index contributed by atoms with van der Waals surface area (Å²) in [6.45, 7) is 7.73. The molecule has 0 radical (unpaired) electrons. The van der Waals surface area contributed by atoms with Gasteiger partial charge < -0.3 is 19.0 Å². The number of carbonyl (C=O) groups excluding carboxylic acids is 2. The minimum atomic E-state index is -0.117. The van der Waals surface area contributed by atoms with Gasteiger partial charge in [0.15, 0.2) is 0 Å². The van der Waals surface area contributed by atoms with Crippen molar-refractivity contribution in [1.82, 2.24) is 9.80 Å². The first kappa shape index (κ1) is 25.0. The van der Waals surface area contributed by atoms with E-state index < -0.39 is 0 Å². The van der Waals surface area contributed by atoms with Crippen LogP contribution >= 0.6 is 0 Å². The normalized spacial score (nSPS) is 15.7. The van der Waals surface area contributed by atoms with Gasteiger partial charge in [-0.15, -0.1) is 0 Å². The van der Waals surface area contributed by atoms with E-state index in [4.69, 9.17) is 9.15 Å². The molecule has 1 fully saturated rings. The molecule has 1 aromatic carbocycles. The van der Waals surface area contributed by atoms with E-state index in [2.05, 4.69) is 6.92 Å². The topological polar surface area (TPSA) is 63.0 Å². The predicted molar refractivity (Wildman–Crippen MR) is 129 cm³/mol. The van der Waals surface area contributed by atoms with Crippen LogP contribution in [0.4, 0.5) is 0 Å². The predicted octanol–water partition coefficient (Wildman–Crippen LogP) is 5.07. The van der Waals surface area contributed by atoms with E-state index in [1.807, 2.05) is 50.2 Å². The number of aryl methyl sites for hydroxylation is 1. The Bertz CT molecular complexity index is 855. The molecule has 1 aliphatic rings. The molecule has 1 aromatic heterocycles. The summed E-state index contributed by atoms with van der Waals surface area (Å²) in [5.74, 6) is 0.510. The molecule has 2 aromatic rings. The molecule has 1 atom stereocenters. The highest BCUT2D eigenvalue weighted by atomic mass is 16.5. The zero-order valence-corrected chi connectivity index (χ0v) is 20.3. The maximum absolute atomic E-state index is 13.3. The van der Waals surface area contributed by atoms with E-state index in [1.165, 1.54) is 18.4 Å². The van der Waals surface area contributed by atoms with Gasteiger partial charge in [0.1, 0.15) is 12.3 Å². The molecule has 0 spiro atoms. The van der Waals surface area contributed by atoms with Gasteiger partial charge in [-0.05, 0) is 69.4 Å². The molecule has 1 saturated heterocycles. The maximum Gasteiger partial charge on any atom is 0.254 e. The second kappa shape index (κ2) is 12.6. The lowest BCUT2D eigenvalue weighted by Crippen LogP contribution is -2.47. The van der Waals surface area contributed by atoms with Gasteiger partial charge in [-0.3, -0.25) is 9.59 Å². The fraction of sp³-hybridized carbons (Fsp3) is 0.556. The van der Waals surface area contributed by atoms with Gasteiger partial charge in [0.25, 0.3) is 5.91 Å². The lowest BCUT2D eigenvalue weighted by Gasteiger charge is -2.31. The third-order valence-electron chi connectivity index (χ3n) is 6.19. The Labute approximate surface area is 197 Å². The smallest absolute Gasteiger partial charge is 0.254 e. The number of amides is 2. The molecule has 1 aliphatic heterocycles. The van der Waals surface area contributed by atoms with Crippen LogP contribution in [0.25, 0.3) is 0 Å². The average Bonchev–Trinajstić information content (AvgIpc) is 3.51. The van der Waals surface area contributed by atoms with E-state index >= 15 is 0 Å². The van der Waals surface area contributed by atoms with Gasteiger partial charge >= 0.3 is 0 Å². The van der Waals surface area contributed by atoms with Gasteiger partial charge in [-0.25, -0.2) is 0 Å². The number of nitrogens with zero attached hydrogens (tertiary/aromatic N) is 2. The zero-order valence-electron chi connectivity index (χ0n) is 20.3. The summed E-state index contributed by atoms with van der Waals surface area (Å²) < 4.78 is 11.2. The fourth-order valence-corrected chi connectivity index (χ4v) is 4.17. The summed E-state index contributed by atoms with van der Waals surface area (Å²) in [5, 5.41) is 0. The van der Waals surface area contributed by atoms with Crippen molar-refractivity contribution in [2.45, 2.75) is 78.0 Å². The SMILES string of the molecule is CCCCCc1ccc(C(=O)N(CC(=O)N(Cc2ccco2)CC2CCCO2)C(C)C)cc1. The highest BCUT2D eigenvalue weighted by Crippen LogP contribution is 2.17. The highest BCUT2D eigenvalue weighted by molar-refractivity contribution is 5.96. The lowest BCUT2D eigenvalue weighted by molar-refractivity contribution is -0.134. The average molecular weight is 455 g/mol. The summed E-state index contributed by atoms with van der Waals surface area (Å²) in [4.78, 5) is 30.0. The Balaban J connectivity index is 1.67. The first-order chi connectivity index (χ1) is 16.0. The molecule has 6 nitrogen and oxygen atoms in total. The van der Waals surface area contributed by atoms with Crippen molar-refractivity contribution in [2.75, 3.05) is 19.7 Å². The molecule has 1 unspecified atom stereocenters. The van der Waals surface area contributed by atoms with Gasteiger partial charge in [-0.1, -0.05) is 31.9 Å². The van der Waals surface area contributed by atoms with Gasteiger partial charge in [-0.2, -0.15) is 0 Å². The van der Waals surface area contributed by atoms with Crippen molar-refractivity contribution in [3.63, 3.8) is 0 Å². The Morgan fingerprint density at radius 2 is 1.91 bits per heavy atom. The number of unbranched alkanes of at least 4 members (excludes halogenated alkanes) is 2. The van der Waals surface area contributed by atoms with Crippen molar-refractivity contribution in [3.8, 4) is 0 Å². The monoisotopic (exact) mass is 454 g/mol. The minimum Gasteiger partial charge on any atom is -0.467 e. The fourth-order valence-electron chi connectivity index (χ4n) is 4.17. The van der Waals surface area contributed by atoms with Crippen LogP contribution in [0.3, 0.4) is 0 Å². The number of hydrogen-bond donors (Lipinski definition) is 0. The van der Waals surface area contributed by atoms with Crippen LogP contribution in [0.2, 0.25) is 0 Å². The van der Waals surface area contributed by atoms with E-state index in [0.717, 1.165) is 38.1 Å². The van der Waals surface area contributed by atoms with Crippen molar-refractivity contribution >= 4 is 11.8 Å². The quantitative estimate of drug-likeness (QED) is 0.420. The summed E-state index contributed by atoms with van der Waals surface area (Å²) >= 11 is 0. The van der Waals surface area contributed by atoms with Crippen molar-refractivity contribution in [2.24, 2.45) is 0 Å². The molecular formula is C27H38N2O4. The molecular weight excluding hydrogens is 416 g/mol. The Hall–Kier alpha value is -2.60. The molecule has 6 heteroatoms. The Morgan fingerprint density at radius 3 is 2.52 bits per heavy atom. The van der Waals surface area contributed by atoms with E-state index in [0.29, 0.717) is 18.7 Å². The molecule has 3 rings (SSSR count). The van der Waals surface area contributed by atoms with Gasteiger partial charge in [0.05, 0.1) is 18.9 Å². The van der Waals surface area contributed by atoms with E-state index in [9.17, 15) is 9.59 Å². The molecule has 0 bridgehead atoms. The second-order valence-electron chi connectivity index (χ2n) is 9.17. The molecule has 0 saturated carbocycles. The third kappa shape index (κ3) is 7.46. The number of furan rings is 1. The van der Waals surface area contributed by atoms with Crippen LogP contribution in [0.5, 0.6) is 0 Å². The number of ether oxygens (including phenoxy) is 1. The van der Waals surface area contributed by atoms with Crippen LogP contribution < -0.4 is 0 Å². The molecule has 33 heavy (non-hydrogen) atoms. The number of hydrogen-bond acceptors (Lipinski definition) is 4. The first-order valence-corrected chi connectivity index (χ1v) is 12.3. The minimum absolute atomic E-state index is 0.0299. The lowest BCUT2D eigenvalue weighted by atomic mass is 10.0. The van der Waals surface area contributed by atoms with Gasteiger partial charge in [0, 0.05) is 24.8 Å². The number of rotatable bonds is 12. The van der Waals surface area contributed by atoms with Crippen molar-refractivity contribution in [3.05, 3.63) is 59.5 Å². The largest absolute Gasteiger partial charge is 0.467 e. The molecule has 2 heterocycles. The number of benzene rings is 1. The van der Waals surface area contributed by atoms with E-state index in [-0.39, 0.29) is 30.5 Å².